The van der Waals surface area contributed by atoms with E-state index in [0.29, 0.717) is 16.7 Å². The quantitative estimate of drug-likeness (QED) is 0.279. The molecule has 0 heterocycles. The summed E-state index contributed by atoms with van der Waals surface area (Å²) in [5, 5.41) is 10.3. The van der Waals surface area contributed by atoms with Gasteiger partial charge in [-0.2, -0.15) is 0 Å². The summed E-state index contributed by atoms with van der Waals surface area (Å²) in [4.78, 5) is 11.0. The lowest BCUT2D eigenvalue weighted by Crippen LogP contribution is -2.54. The molecule has 4 fully saturated rings. The monoisotopic (exact) mass is 426 g/mol. The topological polar surface area (TPSA) is 37.3 Å². The van der Waals surface area contributed by atoms with E-state index < -0.39 is 0 Å². The number of aliphatic hydroxyl groups is 1. The lowest BCUT2D eigenvalue weighted by Gasteiger charge is -2.61. The molecular weight excluding hydrogens is 380 g/mol. The number of hydrogen-bond donors (Lipinski definition) is 1. The van der Waals surface area contributed by atoms with Gasteiger partial charge in [-0.05, 0) is 136 Å². The first-order valence-electron chi connectivity index (χ1n) is 13.2. The molecule has 0 radical (unpaired) electrons. The highest BCUT2D eigenvalue weighted by Crippen LogP contribution is 2.68. The van der Waals surface area contributed by atoms with Crippen molar-refractivity contribution < 1.29 is 9.90 Å². The Balaban J connectivity index is 1.46. The summed E-state index contributed by atoms with van der Waals surface area (Å²) in [5.41, 5.74) is 3.15. The van der Waals surface area contributed by atoms with Crippen molar-refractivity contribution in [1.82, 2.24) is 0 Å². The molecule has 0 aromatic heterocycles. The maximum absolute atomic E-state index is 11.0. The molecule has 9 atom stereocenters. The van der Waals surface area contributed by atoms with Crippen molar-refractivity contribution in [2.24, 2.45) is 46.3 Å². The van der Waals surface area contributed by atoms with E-state index in [9.17, 15) is 9.90 Å². The van der Waals surface area contributed by atoms with Crippen molar-refractivity contribution in [2.75, 3.05) is 0 Å². The number of carbonyl (C=O) groups is 1. The summed E-state index contributed by atoms with van der Waals surface area (Å²) >= 11 is 0. The Morgan fingerprint density at radius 1 is 1.06 bits per heavy atom. The number of allylic oxidation sites excluding steroid dienone is 3. The number of carbonyl (C=O) groups excluding carboxylic acids is 1. The van der Waals surface area contributed by atoms with Crippen LogP contribution in [0.4, 0.5) is 0 Å². The van der Waals surface area contributed by atoms with Crippen molar-refractivity contribution in [3.05, 3.63) is 23.8 Å². The minimum absolute atomic E-state index is 0.0439. The van der Waals surface area contributed by atoms with E-state index in [1.807, 2.05) is 6.92 Å². The lowest BCUT2D eigenvalue weighted by atomic mass is 9.44. The Kier molecular flexibility index (Phi) is 6.61. The first kappa shape index (κ1) is 23.3. The zero-order valence-electron chi connectivity index (χ0n) is 20.5. The van der Waals surface area contributed by atoms with Crippen LogP contribution in [0.5, 0.6) is 0 Å². The van der Waals surface area contributed by atoms with E-state index in [1.54, 1.807) is 6.08 Å². The van der Waals surface area contributed by atoms with Crippen molar-refractivity contribution in [3.8, 4) is 0 Å². The predicted octanol–water partition coefficient (Wildman–Crippen LogP) is 7.12. The Hall–Kier alpha value is -0.890. The molecule has 0 spiro atoms. The minimum atomic E-state index is -0.0439. The van der Waals surface area contributed by atoms with Gasteiger partial charge in [-0.15, -0.1) is 0 Å². The lowest BCUT2D eigenvalue weighted by molar-refractivity contribution is -0.129. The number of hydrogen-bond acceptors (Lipinski definition) is 2. The van der Waals surface area contributed by atoms with Gasteiger partial charge in [0.25, 0.3) is 0 Å². The molecule has 0 aromatic carbocycles. The third kappa shape index (κ3) is 4.00. The third-order valence-corrected chi connectivity index (χ3v) is 11.1. The second-order valence-electron chi connectivity index (χ2n) is 12.4. The fraction of sp³-hybridized carbons (Fsp3) is 0.828. The molecule has 4 aliphatic carbocycles. The molecule has 0 aromatic rings. The molecule has 2 heteroatoms. The van der Waals surface area contributed by atoms with Crippen molar-refractivity contribution in [2.45, 2.75) is 104 Å². The summed E-state index contributed by atoms with van der Waals surface area (Å²) in [7, 11) is 0. The van der Waals surface area contributed by atoms with Crippen LogP contribution in [0, 0.1) is 46.3 Å². The molecule has 31 heavy (non-hydrogen) atoms. The fourth-order valence-electron chi connectivity index (χ4n) is 9.32. The summed E-state index contributed by atoms with van der Waals surface area (Å²) in [6.45, 7) is 13.8. The molecule has 1 N–H and O–H groups in total. The third-order valence-electron chi connectivity index (χ3n) is 11.1. The Morgan fingerprint density at radius 3 is 2.48 bits per heavy atom. The molecule has 4 saturated carbocycles. The average Bonchev–Trinajstić information content (AvgIpc) is 3.08. The Bertz CT molecular complexity index is 722. The van der Waals surface area contributed by atoms with Gasteiger partial charge in [-0.3, -0.25) is 4.79 Å². The summed E-state index contributed by atoms with van der Waals surface area (Å²) < 4.78 is 0. The maximum atomic E-state index is 11.0. The number of fused-ring (bicyclic) bond motifs is 5. The van der Waals surface area contributed by atoms with E-state index in [4.69, 9.17) is 0 Å². The highest BCUT2D eigenvalue weighted by atomic mass is 16.3. The number of rotatable bonds is 6. The van der Waals surface area contributed by atoms with Crippen LogP contribution in [0.25, 0.3) is 0 Å². The van der Waals surface area contributed by atoms with Crippen LogP contribution < -0.4 is 0 Å². The minimum Gasteiger partial charge on any atom is -0.393 e. The maximum Gasteiger partial charge on any atom is 0.143 e. The molecule has 0 saturated heterocycles. The smallest absolute Gasteiger partial charge is 0.143 e. The second kappa shape index (κ2) is 8.81. The Morgan fingerprint density at radius 2 is 1.77 bits per heavy atom. The summed E-state index contributed by atoms with van der Waals surface area (Å²) in [6.07, 6.45) is 16.5. The second-order valence-corrected chi connectivity index (χ2v) is 12.4. The van der Waals surface area contributed by atoms with Crippen molar-refractivity contribution in [1.29, 1.82) is 0 Å². The number of aldehydes is 1. The van der Waals surface area contributed by atoms with Crippen LogP contribution in [0.3, 0.4) is 0 Å². The van der Waals surface area contributed by atoms with E-state index in [2.05, 4.69) is 27.4 Å². The van der Waals surface area contributed by atoms with Crippen molar-refractivity contribution in [3.63, 3.8) is 0 Å². The molecular formula is C29H46O2. The van der Waals surface area contributed by atoms with Gasteiger partial charge >= 0.3 is 0 Å². The van der Waals surface area contributed by atoms with Crippen LogP contribution in [0.2, 0.25) is 0 Å². The molecule has 0 amide bonds. The standard InChI is InChI=1S/C29H46O2/c1-19(2)21(14-17-30)7-6-20(3)25-10-11-26-24-9-8-22-18-23(31)12-15-28(22,4)27(24)13-16-29(25,26)5/h14,17,20,22-27,31H,1,6-13,15-16,18H2,2-5H3/b21-14-/t20-,22?,23+,24+,25-,26+,27+,28+,29-/m1/s1. The molecule has 2 nitrogen and oxygen atoms in total. The van der Waals surface area contributed by atoms with Gasteiger partial charge in [0.2, 0.25) is 0 Å². The van der Waals surface area contributed by atoms with Gasteiger partial charge in [-0.25, -0.2) is 0 Å². The highest BCUT2D eigenvalue weighted by molar-refractivity contribution is 5.67. The van der Waals surface area contributed by atoms with Crippen LogP contribution in [0.1, 0.15) is 98.3 Å². The molecule has 1 unspecified atom stereocenters. The van der Waals surface area contributed by atoms with Gasteiger partial charge in [0.15, 0.2) is 0 Å². The molecule has 4 aliphatic rings. The highest BCUT2D eigenvalue weighted by Gasteiger charge is 2.60. The largest absolute Gasteiger partial charge is 0.393 e. The van der Waals surface area contributed by atoms with Crippen LogP contribution >= 0.6 is 0 Å². The van der Waals surface area contributed by atoms with Gasteiger partial charge in [0, 0.05) is 0 Å². The molecule has 0 aliphatic heterocycles. The Labute approximate surface area is 191 Å². The first-order chi connectivity index (χ1) is 14.7. The zero-order valence-corrected chi connectivity index (χ0v) is 20.5. The summed E-state index contributed by atoms with van der Waals surface area (Å²) in [6, 6.07) is 0. The SMILES string of the molecule is C=C(C)/C(=C\C=O)CC[C@@H](C)[C@H]1CC[C@H]2[C@@H]3CCC4C[C@@H](O)CC[C@]4(C)[C@H]3CC[C@]12C. The number of aliphatic hydroxyl groups excluding tert-OH is 1. The molecule has 4 rings (SSSR count). The van der Waals surface area contributed by atoms with E-state index in [0.717, 1.165) is 66.3 Å². The van der Waals surface area contributed by atoms with Crippen LogP contribution in [0.15, 0.2) is 23.8 Å². The van der Waals surface area contributed by atoms with Crippen LogP contribution in [-0.2, 0) is 4.79 Å². The average molecular weight is 427 g/mol. The van der Waals surface area contributed by atoms with E-state index in [-0.39, 0.29) is 6.10 Å². The predicted molar refractivity (Wildman–Crippen MR) is 129 cm³/mol. The summed E-state index contributed by atoms with van der Waals surface area (Å²) in [5.74, 6) is 4.97. The fourth-order valence-corrected chi connectivity index (χ4v) is 9.32. The molecule has 0 bridgehead atoms. The zero-order chi connectivity index (χ0) is 22.4. The van der Waals surface area contributed by atoms with E-state index >= 15 is 0 Å². The van der Waals surface area contributed by atoms with E-state index in [1.165, 1.54) is 51.4 Å². The first-order valence-corrected chi connectivity index (χ1v) is 13.2. The molecule has 174 valence electrons. The normalized spacial score (nSPS) is 45.9. The van der Waals surface area contributed by atoms with Gasteiger partial charge in [0.05, 0.1) is 6.10 Å². The van der Waals surface area contributed by atoms with Gasteiger partial charge in [0.1, 0.15) is 6.29 Å². The van der Waals surface area contributed by atoms with Gasteiger partial charge < -0.3 is 5.11 Å². The van der Waals surface area contributed by atoms with Crippen molar-refractivity contribution >= 4 is 6.29 Å². The van der Waals surface area contributed by atoms with Gasteiger partial charge in [-0.1, -0.05) is 32.9 Å². The van der Waals surface area contributed by atoms with Crippen LogP contribution in [-0.4, -0.2) is 17.5 Å².